The van der Waals surface area contributed by atoms with Crippen molar-refractivity contribution in [1.82, 2.24) is 9.38 Å². The third-order valence-corrected chi connectivity index (χ3v) is 3.22. The van der Waals surface area contributed by atoms with E-state index >= 15 is 0 Å². The van der Waals surface area contributed by atoms with Crippen molar-refractivity contribution in [1.29, 1.82) is 5.26 Å². The first-order chi connectivity index (χ1) is 8.63. The summed E-state index contributed by atoms with van der Waals surface area (Å²) < 4.78 is 2.63. The summed E-state index contributed by atoms with van der Waals surface area (Å²) in [4.78, 5) is 14.7. The van der Waals surface area contributed by atoms with Gasteiger partial charge in [0.2, 0.25) is 0 Å². The minimum Gasteiger partial charge on any atom is -0.481 e. The molecule has 18 heavy (non-hydrogen) atoms. The molecule has 0 radical (unpaired) electrons. The maximum absolute atomic E-state index is 10.5. The quantitative estimate of drug-likeness (QED) is 0.940. The Morgan fingerprint density at radius 3 is 3.06 bits per heavy atom. The molecule has 0 aliphatic rings. The molecule has 2 heterocycles. The highest BCUT2D eigenvalue weighted by Gasteiger charge is 2.13. The Hall–Kier alpha value is -1.87. The van der Waals surface area contributed by atoms with Crippen LogP contribution < -0.4 is 0 Å². The summed E-state index contributed by atoms with van der Waals surface area (Å²) in [5.41, 5.74) is 1.08. The normalized spacial score (nSPS) is 10.4. The van der Waals surface area contributed by atoms with Gasteiger partial charge in [-0.2, -0.15) is 5.26 Å². The van der Waals surface area contributed by atoms with E-state index in [4.69, 9.17) is 10.4 Å². The Bertz CT molecular complexity index is 643. The van der Waals surface area contributed by atoms with Gasteiger partial charge in [0.1, 0.15) is 11.9 Å². The Morgan fingerprint density at radius 1 is 1.61 bits per heavy atom. The summed E-state index contributed by atoms with van der Waals surface area (Å²) in [7, 11) is 0. The molecular formula is C12H10BrN3O2. The number of nitrogens with zero attached hydrogens (tertiary/aromatic N) is 3. The number of hydrogen-bond acceptors (Lipinski definition) is 3. The van der Waals surface area contributed by atoms with Crippen LogP contribution >= 0.6 is 15.9 Å². The van der Waals surface area contributed by atoms with E-state index in [0.29, 0.717) is 24.4 Å². The lowest BCUT2D eigenvalue weighted by Crippen LogP contribution is -1.99. The van der Waals surface area contributed by atoms with Gasteiger partial charge in [-0.05, 0) is 34.5 Å². The van der Waals surface area contributed by atoms with Gasteiger partial charge in [0.25, 0.3) is 0 Å². The first kappa shape index (κ1) is 12.6. The predicted molar refractivity (Wildman–Crippen MR) is 68.2 cm³/mol. The van der Waals surface area contributed by atoms with Crippen LogP contribution in [-0.4, -0.2) is 20.5 Å². The van der Waals surface area contributed by atoms with Crippen molar-refractivity contribution in [3.8, 4) is 6.07 Å². The number of carboxylic acid groups (broad SMARTS) is 1. The number of rotatable bonds is 4. The van der Waals surface area contributed by atoms with Crippen LogP contribution in [0.5, 0.6) is 0 Å². The van der Waals surface area contributed by atoms with E-state index in [2.05, 4.69) is 27.0 Å². The highest BCUT2D eigenvalue weighted by Crippen LogP contribution is 2.23. The lowest BCUT2D eigenvalue weighted by molar-refractivity contribution is -0.137. The molecule has 0 aromatic carbocycles. The molecule has 0 unspecified atom stereocenters. The predicted octanol–water partition coefficient (Wildman–Crippen LogP) is 2.38. The number of carbonyl (C=O) groups is 1. The van der Waals surface area contributed by atoms with Crippen molar-refractivity contribution in [3.63, 3.8) is 0 Å². The van der Waals surface area contributed by atoms with Crippen LogP contribution in [0.4, 0.5) is 0 Å². The zero-order valence-electron chi connectivity index (χ0n) is 9.43. The van der Waals surface area contributed by atoms with Gasteiger partial charge in [0, 0.05) is 23.5 Å². The van der Waals surface area contributed by atoms with Crippen molar-refractivity contribution >= 4 is 27.4 Å². The average Bonchev–Trinajstić information content (AvgIpc) is 2.69. The third kappa shape index (κ3) is 2.36. The molecule has 2 aromatic heterocycles. The topological polar surface area (TPSA) is 78.4 Å². The molecule has 0 atom stereocenters. The zero-order valence-corrected chi connectivity index (χ0v) is 11.0. The van der Waals surface area contributed by atoms with Crippen LogP contribution in [-0.2, 0) is 11.2 Å². The summed E-state index contributed by atoms with van der Waals surface area (Å²) in [6.45, 7) is 0. The molecule has 92 valence electrons. The second kappa shape index (κ2) is 5.19. The maximum Gasteiger partial charge on any atom is 0.303 e. The Labute approximate surface area is 112 Å². The zero-order chi connectivity index (χ0) is 13.1. The molecule has 0 aliphatic heterocycles. The number of fused-ring (bicyclic) bond motifs is 1. The number of carboxylic acids is 1. The van der Waals surface area contributed by atoms with Crippen LogP contribution in [0.25, 0.3) is 5.52 Å². The summed E-state index contributed by atoms with van der Waals surface area (Å²) in [5.74, 6) is -0.110. The monoisotopic (exact) mass is 307 g/mol. The summed E-state index contributed by atoms with van der Waals surface area (Å²) in [5, 5.41) is 17.7. The summed E-state index contributed by atoms with van der Waals surface area (Å²) >= 11 is 3.39. The second-order valence-corrected chi connectivity index (χ2v) is 4.66. The van der Waals surface area contributed by atoms with Gasteiger partial charge in [-0.3, -0.25) is 4.79 Å². The van der Waals surface area contributed by atoms with Gasteiger partial charge in [0.15, 0.2) is 5.69 Å². The van der Waals surface area contributed by atoms with E-state index in [9.17, 15) is 4.79 Å². The standard InChI is InChI=1S/C12H10BrN3O2/c13-8-3-2-6-16-10(4-1-5-11(17)18)15-9(7-14)12(8)16/h2-3,6H,1,4-5H2,(H,17,18). The number of imidazole rings is 1. The molecule has 1 N–H and O–H groups in total. The highest BCUT2D eigenvalue weighted by molar-refractivity contribution is 9.10. The number of hydrogen-bond donors (Lipinski definition) is 1. The molecule has 0 amide bonds. The Morgan fingerprint density at radius 2 is 2.39 bits per heavy atom. The SMILES string of the molecule is N#Cc1nc(CCCC(=O)O)n2cccc(Br)c12. The maximum atomic E-state index is 10.5. The van der Waals surface area contributed by atoms with Crippen molar-refractivity contribution in [3.05, 3.63) is 34.3 Å². The number of aromatic nitrogens is 2. The molecule has 0 spiro atoms. The number of nitriles is 1. The molecule has 0 aliphatic carbocycles. The number of aryl methyl sites for hydroxylation is 1. The number of pyridine rings is 1. The van der Waals surface area contributed by atoms with Gasteiger partial charge >= 0.3 is 5.97 Å². The van der Waals surface area contributed by atoms with E-state index < -0.39 is 5.97 Å². The van der Waals surface area contributed by atoms with Crippen molar-refractivity contribution in [2.24, 2.45) is 0 Å². The van der Waals surface area contributed by atoms with Gasteiger partial charge in [-0.1, -0.05) is 0 Å². The molecule has 5 nitrogen and oxygen atoms in total. The van der Waals surface area contributed by atoms with Crippen molar-refractivity contribution in [2.75, 3.05) is 0 Å². The van der Waals surface area contributed by atoms with Crippen LogP contribution in [0.2, 0.25) is 0 Å². The van der Waals surface area contributed by atoms with Crippen molar-refractivity contribution in [2.45, 2.75) is 19.3 Å². The number of aliphatic carboxylic acids is 1. The lowest BCUT2D eigenvalue weighted by Gasteiger charge is -2.00. The first-order valence-electron chi connectivity index (χ1n) is 5.41. The van der Waals surface area contributed by atoms with E-state index in [1.165, 1.54) is 0 Å². The van der Waals surface area contributed by atoms with E-state index in [0.717, 1.165) is 9.99 Å². The van der Waals surface area contributed by atoms with Gasteiger partial charge in [-0.15, -0.1) is 0 Å². The molecule has 2 aromatic rings. The second-order valence-electron chi connectivity index (χ2n) is 3.81. The Kier molecular flexibility index (Phi) is 3.63. The van der Waals surface area contributed by atoms with Gasteiger partial charge in [0.05, 0.1) is 5.52 Å². The van der Waals surface area contributed by atoms with E-state index in [1.807, 2.05) is 22.7 Å². The molecule has 2 rings (SSSR count). The molecule has 0 saturated heterocycles. The highest BCUT2D eigenvalue weighted by atomic mass is 79.9. The fourth-order valence-electron chi connectivity index (χ4n) is 1.81. The molecule has 0 bridgehead atoms. The van der Waals surface area contributed by atoms with E-state index in [1.54, 1.807) is 0 Å². The fourth-order valence-corrected chi connectivity index (χ4v) is 2.34. The smallest absolute Gasteiger partial charge is 0.303 e. The van der Waals surface area contributed by atoms with E-state index in [-0.39, 0.29) is 6.42 Å². The van der Waals surface area contributed by atoms with Gasteiger partial charge in [-0.25, -0.2) is 4.98 Å². The Balaban J connectivity index is 2.37. The minimum absolute atomic E-state index is 0.102. The number of halogens is 1. The molecule has 0 saturated carbocycles. The first-order valence-corrected chi connectivity index (χ1v) is 6.20. The molecular weight excluding hydrogens is 298 g/mol. The van der Waals surface area contributed by atoms with Gasteiger partial charge < -0.3 is 9.51 Å². The molecule has 0 fully saturated rings. The largest absolute Gasteiger partial charge is 0.481 e. The third-order valence-electron chi connectivity index (χ3n) is 2.58. The van der Waals surface area contributed by atoms with Crippen LogP contribution in [0.15, 0.2) is 22.8 Å². The minimum atomic E-state index is -0.822. The lowest BCUT2D eigenvalue weighted by atomic mass is 10.2. The van der Waals surface area contributed by atoms with Crippen LogP contribution in [0.1, 0.15) is 24.4 Å². The average molecular weight is 308 g/mol. The summed E-state index contributed by atoms with van der Waals surface area (Å²) in [6.07, 6.45) is 2.96. The summed E-state index contributed by atoms with van der Waals surface area (Å²) in [6, 6.07) is 5.75. The fraction of sp³-hybridized carbons (Fsp3) is 0.250. The van der Waals surface area contributed by atoms with Crippen LogP contribution in [0, 0.1) is 11.3 Å². The van der Waals surface area contributed by atoms with Crippen LogP contribution in [0.3, 0.4) is 0 Å². The molecule has 6 heteroatoms. The van der Waals surface area contributed by atoms with Crippen molar-refractivity contribution < 1.29 is 9.90 Å².